The highest BCUT2D eigenvalue weighted by atomic mass is 32.2. The molecule has 108 valence electrons. The maximum absolute atomic E-state index is 12.2. The molecule has 0 radical (unpaired) electrons. The smallest absolute Gasteiger partial charge is 0.352 e. The summed E-state index contributed by atoms with van der Waals surface area (Å²) in [5.41, 5.74) is -0.0773. The molecule has 0 aliphatic carbocycles. The van der Waals surface area contributed by atoms with E-state index in [0.717, 1.165) is 10.4 Å². The Morgan fingerprint density at radius 3 is 2.47 bits per heavy atom. The average molecular weight is 290 g/mol. The number of aliphatic hydroxyl groups is 1. The number of sulfonamides is 1. The highest BCUT2D eigenvalue weighted by Crippen LogP contribution is 2.18. The molecule has 1 rings (SSSR count). The Morgan fingerprint density at radius 2 is 2.11 bits per heavy atom. The number of aromatic carboxylic acids is 1. The largest absolute Gasteiger partial charge is 0.477 e. The van der Waals surface area contributed by atoms with Crippen molar-refractivity contribution >= 4 is 16.0 Å². The van der Waals surface area contributed by atoms with E-state index in [1.165, 1.54) is 24.7 Å². The molecular formula is C11H18N2O5S. The number of nitrogens with zero attached hydrogens (tertiary/aromatic N) is 2. The molecule has 1 atom stereocenters. The lowest BCUT2D eigenvalue weighted by atomic mass is 10.4. The van der Waals surface area contributed by atoms with Crippen molar-refractivity contribution in [1.29, 1.82) is 0 Å². The third-order valence-corrected chi connectivity index (χ3v) is 4.45. The Balaban J connectivity index is 3.19. The van der Waals surface area contributed by atoms with Crippen molar-refractivity contribution in [3.05, 3.63) is 18.0 Å². The number of carboxylic acids is 1. The van der Waals surface area contributed by atoms with Crippen molar-refractivity contribution in [3.63, 3.8) is 0 Å². The number of hydrogen-bond acceptors (Lipinski definition) is 4. The number of hydrogen-bond donors (Lipinski definition) is 2. The Labute approximate surface area is 112 Å². The van der Waals surface area contributed by atoms with Crippen molar-refractivity contribution in [2.75, 3.05) is 13.6 Å². The Morgan fingerprint density at radius 1 is 1.53 bits per heavy atom. The van der Waals surface area contributed by atoms with Crippen LogP contribution >= 0.6 is 0 Å². The highest BCUT2D eigenvalue weighted by Gasteiger charge is 2.25. The molecule has 1 heterocycles. The first-order chi connectivity index (χ1) is 8.70. The quantitative estimate of drug-likeness (QED) is 0.780. The first-order valence-electron chi connectivity index (χ1n) is 5.78. The van der Waals surface area contributed by atoms with Crippen LogP contribution in [0.2, 0.25) is 0 Å². The molecule has 0 amide bonds. The number of aliphatic hydroxyl groups excluding tert-OH is 1. The van der Waals surface area contributed by atoms with Crippen molar-refractivity contribution < 1.29 is 23.4 Å². The SMILES string of the molecule is CCn1cc(S(=O)(=O)N(C)CC(C)O)cc1C(=O)O. The number of carbonyl (C=O) groups is 1. The van der Waals surface area contributed by atoms with Gasteiger partial charge in [0.2, 0.25) is 10.0 Å². The number of carboxylic acid groups (broad SMARTS) is 1. The molecule has 0 saturated heterocycles. The molecule has 2 N–H and O–H groups in total. The molecule has 0 aliphatic rings. The summed E-state index contributed by atoms with van der Waals surface area (Å²) in [6.45, 7) is 3.51. The van der Waals surface area contributed by atoms with Crippen molar-refractivity contribution in [2.24, 2.45) is 0 Å². The first-order valence-corrected chi connectivity index (χ1v) is 7.22. The predicted octanol–water partition coefficient (Wildman–Crippen LogP) is 0.208. The maximum atomic E-state index is 12.2. The van der Waals surface area contributed by atoms with Crippen LogP contribution in [0.3, 0.4) is 0 Å². The number of aromatic nitrogens is 1. The second-order valence-electron chi connectivity index (χ2n) is 4.29. The van der Waals surface area contributed by atoms with Crippen LogP contribution in [0.4, 0.5) is 0 Å². The van der Waals surface area contributed by atoms with E-state index in [1.807, 2.05) is 0 Å². The molecule has 0 bridgehead atoms. The molecule has 0 saturated carbocycles. The van der Waals surface area contributed by atoms with Crippen molar-refractivity contribution in [3.8, 4) is 0 Å². The van der Waals surface area contributed by atoms with Crippen LogP contribution in [-0.4, -0.2) is 53.2 Å². The predicted molar refractivity (Wildman–Crippen MR) is 68.6 cm³/mol. The molecule has 1 unspecified atom stereocenters. The number of rotatable bonds is 6. The van der Waals surface area contributed by atoms with Crippen molar-refractivity contribution in [2.45, 2.75) is 31.4 Å². The first kappa shape index (κ1) is 15.7. The molecule has 0 spiro atoms. The topological polar surface area (TPSA) is 99.8 Å². The van der Waals surface area contributed by atoms with Gasteiger partial charge in [-0.05, 0) is 19.9 Å². The van der Waals surface area contributed by atoms with Crippen LogP contribution in [0.1, 0.15) is 24.3 Å². The third-order valence-electron chi connectivity index (χ3n) is 2.66. The van der Waals surface area contributed by atoms with Gasteiger partial charge in [-0.1, -0.05) is 0 Å². The molecule has 8 heteroatoms. The highest BCUT2D eigenvalue weighted by molar-refractivity contribution is 7.89. The lowest BCUT2D eigenvalue weighted by Crippen LogP contribution is -2.32. The molecule has 0 aliphatic heterocycles. The van der Waals surface area contributed by atoms with Crippen LogP contribution in [0.15, 0.2) is 17.2 Å². The van der Waals surface area contributed by atoms with E-state index in [9.17, 15) is 18.3 Å². The van der Waals surface area contributed by atoms with E-state index in [0.29, 0.717) is 6.54 Å². The normalized spacial score (nSPS) is 13.7. The van der Waals surface area contributed by atoms with Crippen LogP contribution < -0.4 is 0 Å². The fourth-order valence-electron chi connectivity index (χ4n) is 1.72. The van der Waals surface area contributed by atoms with Gasteiger partial charge in [0, 0.05) is 26.3 Å². The van der Waals surface area contributed by atoms with Gasteiger partial charge in [0.05, 0.1) is 6.10 Å². The second-order valence-corrected chi connectivity index (χ2v) is 6.33. The van der Waals surface area contributed by atoms with Crippen LogP contribution in [0.25, 0.3) is 0 Å². The number of aryl methyl sites for hydroxylation is 1. The van der Waals surface area contributed by atoms with E-state index in [-0.39, 0.29) is 17.1 Å². The zero-order chi connectivity index (χ0) is 14.8. The minimum absolute atomic E-state index is 0.0535. The van der Waals surface area contributed by atoms with Gasteiger partial charge in [0.1, 0.15) is 10.6 Å². The summed E-state index contributed by atoms with van der Waals surface area (Å²) >= 11 is 0. The monoisotopic (exact) mass is 290 g/mol. The van der Waals surface area contributed by atoms with Crippen molar-refractivity contribution in [1.82, 2.24) is 8.87 Å². The van der Waals surface area contributed by atoms with Crippen LogP contribution in [0, 0.1) is 0 Å². The second kappa shape index (κ2) is 5.72. The Hall–Kier alpha value is -1.38. The minimum atomic E-state index is -3.79. The van der Waals surface area contributed by atoms with Gasteiger partial charge in [0.15, 0.2) is 0 Å². The van der Waals surface area contributed by atoms with Crippen LogP contribution in [-0.2, 0) is 16.6 Å². The lowest BCUT2D eigenvalue weighted by Gasteiger charge is -2.17. The summed E-state index contributed by atoms with van der Waals surface area (Å²) in [5, 5.41) is 18.2. The summed E-state index contributed by atoms with van der Waals surface area (Å²) < 4.78 is 26.7. The fourth-order valence-corrected chi connectivity index (χ4v) is 3.01. The summed E-state index contributed by atoms with van der Waals surface area (Å²) in [4.78, 5) is 10.9. The minimum Gasteiger partial charge on any atom is -0.477 e. The van der Waals surface area contributed by atoms with Gasteiger partial charge < -0.3 is 14.8 Å². The van der Waals surface area contributed by atoms with E-state index in [2.05, 4.69) is 0 Å². The maximum Gasteiger partial charge on any atom is 0.352 e. The van der Waals surface area contributed by atoms with Gasteiger partial charge in [-0.25, -0.2) is 13.2 Å². The summed E-state index contributed by atoms with van der Waals surface area (Å²) in [6, 6.07) is 1.12. The molecule has 1 aromatic heterocycles. The van der Waals surface area contributed by atoms with E-state index in [4.69, 9.17) is 5.11 Å². The molecule has 0 aromatic carbocycles. The third kappa shape index (κ3) is 3.34. The molecular weight excluding hydrogens is 272 g/mol. The van der Waals surface area contributed by atoms with E-state index >= 15 is 0 Å². The van der Waals surface area contributed by atoms with Gasteiger partial charge in [0.25, 0.3) is 0 Å². The van der Waals surface area contributed by atoms with Crippen LogP contribution in [0.5, 0.6) is 0 Å². The summed E-state index contributed by atoms with van der Waals surface area (Å²) in [6.07, 6.45) is 0.490. The molecule has 0 fully saturated rings. The summed E-state index contributed by atoms with van der Waals surface area (Å²) in [5.74, 6) is -1.18. The van der Waals surface area contributed by atoms with Gasteiger partial charge >= 0.3 is 5.97 Å². The Bertz CT molecular complexity index is 562. The average Bonchev–Trinajstić information content (AvgIpc) is 2.72. The fraction of sp³-hybridized carbons (Fsp3) is 0.545. The zero-order valence-corrected chi connectivity index (χ0v) is 11.9. The molecule has 7 nitrogen and oxygen atoms in total. The van der Waals surface area contributed by atoms with E-state index in [1.54, 1.807) is 6.92 Å². The zero-order valence-electron chi connectivity index (χ0n) is 11.1. The Kier molecular flexibility index (Phi) is 4.72. The van der Waals surface area contributed by atoms with E-state index < -0.39 is 22.1 Å². The molecule has 19 heavy (non-hydrogen) atoms. The molecule has 1 aromatic rings. The standard InChI is InChI=1S/C11H18N2O5S/c1-4-13-7-9(5-10(13)11(15)16)19(17,18)12(3)6-8(2)14/h5,7-8,14H,4,6H2,1-3H3,(H,15,16). The van der Waals surface area contributed by atoms with Gasteiger partial charge in [-0.3, -0.25) is 0 Å². The van der Waals surface area contributed by atoms with Gasteiger partial charge in [-0.2, -0.15) is 4.31 Å². The number of likely N-dealkylation sites (N-methyl/N-ethyl adjacent to an activating group) is 1. The lowest BCUT2D eigenvalue weighted by molar-refractivity contribution is 0.0685. The summed E-state index contributed by atoms with van der Waals surface area (Å²) in [7, 11) is -2.45. The van der Waals surface area contributed by atoms with Gasteiger partial charge in [-0.15, -0.1) is 0 Å².